The first-order valence-corrected chi connectivity index (χ1v) is 7.94. The second-order valence-corrected chi connectivity index (χ2v) is 5.95. The Kier molecular flexibility index (Phi) is 4.58. The van der Waals surface area contributed by atoms with E-state index in [4.69, 9.17) is 9.72 Å². The Hall–Kier alpha value is -2.72. The lowest BCUT2D eigenvalue weighted by Crippen LogP contribution is -3.12. The molecule has 0 saturated carbocycles. The second kappa shape index (κ2) is 6.81. The van der Waals surface area contributed by atoms with Gasteiger partial charge in [0.25, 0.3) is 0 Å². The van der Waals surface area contributed by atoms with Crippen LogP contribution in [0.2, 0.25) is 0 Å². The molecule has 7 nitrogen and oxygen atoms in total. The van der Waals surface area contributed by atoms with Crippen LogP contribution in [0.25, 0.3) is 11.0 Å². The number of nitriles is 1. The van der Waals surface area contributed by atoms with Gasteiger partial charge in [-0.15, -0.1) is 0 Å². The first kappa shape index (κ1) is 16.1. The molecular weight excluding hydrogens is 306 g/mol. The lowest BCUT2D eigenvalue weighted by atomic mass is 10.1. The maximum Gasteiger partial charge on any atom is 0.329 e. The summed E-state index contributed by atoms with van der Waals surface area (Å²) < 4.78 is 4.78. The molecule has 1 aromatic carbocycles. The number of carbonyl (C=O) groups excluding carboxylic acids is 1. The molecule has 1 aliphatic heterocycles. The van der Waals surface area contributed by atoms with Crippen LogP contribution in [0.4, 0.5) is 5.82 Å². The molecule has 0 aliphatic carbocycles. The minimum atomic E-state index is -1.07. The standard InChI is InChI=1S/C17H19N5O2/c1-21-7-9-22(10-8-21)16-15(12(11-18)17(23)24-2)19-13-5-3-4-6-14(13)20-16/h3-6,12H,7-10H2,1-2H3/p+1/t12-/m0/s1. The number of esters is 1. The van der Waals surface area contributed by atoms with Gasteiger partial charge in [-0.25, -0.2) is 9.97 Å². The van der Waals surface area contributed by atoms with E-state index in [-0.39, 0.29) is 0 Å². The van der Waals surface area contributed by atoms with Gasteiger partial charge >= 0.3 is 5.97 Å². The smallest absolute Gasteiger partial charge is 0.329 e. The van der Waals surface area contributed by atoms with Crippen LogP contribution < -0.4 is 9.80 Å². The summed E-state index contributed by atoms with van der Waals surface area (Å²) in [5.41, 5.74) is 1.80. The van der Waals surface area contributed by atoms with E-state index in [1.54, 1.807) is 0 Å². The van der Waals surface area contributed by atoms with Gasteiger partial charge in [-0.1, -0.05) is 12.1 Å². The second-order valence-electron chi connectivity index (χ2n) is 5.95. The maximum atomic E-state index is 12.0. The van der Waals surface area contributed by atoms with Gasteiger partial charge in [-0.2, -0.15) is 5.26 Å². The van der Waals surface area contributed by atoms with Crippen molar-refractivity contribution in [1.29, 1.82) is 5.26 Å². The Morgan fingerprint density at radius 1 is 1.29 bits per heavy atom. The number of methoxy groups -OCH3 is 1. The normalized spacial score (nSPS) is 16.6. The zero-order valence-corrected chi connectivity index (χ0v) is 13.8. The Morgan fingerprint density at radius 2 is 1.92 bits per heavy atom. The topological polar surface area (TPSA) is 83.5 Å². The van der Waals surface area contributed by atoms with Crippen LogP contribution in [0.3, 0.4) is 0 Å². The molecule has 1 aromatic heterocycles. The first-order valence-electron chi connectivity index (χ1n) is 7.94. The molecule has 7 heteroatoms. The molecule has 0 bridgehead atoms. The molecule has 1 atom stereocenters. The number of piperazine rings is 1. The number of hydrogen-bond acceptors (Lipinski definition) is 6. The van der Waals surface area contributed by atoms with E-state index in [0.29, 0.717) is 17.0 Å². The predicted octanol–water partition coefficient (Wildman–Crippen LogP) is -0.255. The van der Waals surface area contributed by atoms with Crippen LogP contribution in [0.5, 0.6) is 0 Å². The molecule has 0 amide bonds. The van der Waals surface area contributed by atoms with E-state index in [9.17, 15) is 10.1 Å². The summed E-state index contributed by atoms with van der Waals surface area (Å²) in [7, 11) is 3.43. The van der Waals surface area contributed by atoms with Crippen molar-refractivity contribution >= 4 is 22.8 Å². The highest BCUT2D eigenvalue weighted by Gasteiger charge is 2.30. The summed E-state index contributed by atoms with van der Waals surface area (Å²) in [6, 6.07) is 9.49. The monoisotopic (exact) mass is 326 g/mol. The summed E-state index contributed by atoms with van der Waals surface area (Å²) in [6.45, 7) is 3.57. The average Bonchev–Trinajstić information content (AvgIpc) is 2.62. The zero-order chi connectivity index (χ0) is 17.1. The van der Waals surface area contributed by atoms with E-state index in [2.05, 4.69) is 16.9 Å². The highest BCUT2D eigenvalue weighted by Crippen LogP contribution is 2.27. The highest BCUT2D eigenvalue weighted by molar-refractivity contribution is 5.85. The third kappa shape index (κ3) is 3.01. The van der Waals surface area contributed by atoms with E-state index < -0.39 is 11.9 Å². The van der Waals surface area contributed by atoms with Gasteiger partial charge in [0, 0.05) is 0 Å². The molecule has 1 fully saturated rings. The summed E-state index contributed by atoms with van der Waals surface area (Å²) in [4.78, 5) is 24.9. The van der Waals surface area contributed by atoms with Crippen molar-refractivity contribution in [3.8, 4) is 6.07 Å². The molecule has 3 rings (SSSR count). The molecule has 2 heterocycles. The third-order valence-corrected chi connectivity index (χ3v) is 4.33. The summed E-state index contributed by atoms with van der Waals surface area (Å²) in [5.74, 6) is -1.07. The minimum Gasteiger partial charge on any atom is -0.468 e. The van der Waals surface area contributed by atoms with Crippen LogP contribution in [0, 0.1) is 11.3 Å². The number of rotatable bonds is 3. The summed E-state index contributed by atoms with van der Waals surface area (Å²) in [5, 5.41) is 9.48. The Morgan fingerprint density at radius 3 is 2.50 bits per heavy atom. The van der Waals surface area contributed by atoms with Crippen molar-refractivity contribution in [1.82, 2.24) is 9.97 Å². The molecule has 1 aliphatic rings. The van der Waals surface area contributed by atoms with Crippen molar-refractivity contribution in [3.05, 3.63) is 30.0 Å². The van der Waals surface area contributed by atoms with Gasteiger partial charge in [0.2, 0.25) is 0 Å². The number of aromatic nitrogens is 2. The summed E-state index contributed by atoms with van der Waals surface area (Å²) in [6.07, 6.45) is 0. The number of benzene rings is 1. The SMILES string of the molecule is COC(=O)[C@@H](C#N)c1nc2ccccc2nc1N1CC[NH+](C)CC1. The van der Waals surface area contributed by atoms with Gasteiger partial charge in [-0.05, 0) is 12.1 Å². The van der Waals surface area contributed by atoms with Crippen molar-refractivity contribution in [3.63, 3.8) is 0 Å². The van der Waals surface area contributed by atoms with Crippen LogP contribution in [0.1, 0.15) is 11.6 Å². The van der Waals surface area contributed by atoms with E-state index in [1.165, 1.54) is 12.0 Å². The molecule has 24 heavy (non-hydrogen) atoms. The van der Waals surface area contributed by atoms with E-state index in [0.717, 1.165) is 31.7 Å². The molecule has 0 unspecified atom stereocenters. The number of likely N-dealkylation sites (N-methyl/N-ethyl adjacent to an activating group) is 1. The number of para-hydroxylation sites is 2. The highest BCUT2D eigenvalue weighted by atomic mass is 16.5. The molecule has 0 spiro atoms. The van der Waals surface area contributed by atoms with E-state index >= 15 is 0 Å². The number of hydrogen-bond donors (Lipinski definition) is 1. The average molecular weight is 326 g/mol. The predicted molar refractivity (Wildman–Crippen MR) is 88.7 cm³/mol. The van der Waals surface area contributed by atoms with E-state index in [1.807, 2.05) is 30.3 Å². The summed E-state index contributed by atoms with van der Waals surface area (Å²) >= 11 is 0. The number of fused-ring (bicyclic) bond motifs is 1. The van der Waals surface area contributed by atoms with Crippen molar-refractivity contribution in [2.24, 2.45) is 0 Å². The van der Waals surface area contributed by atoms with Gasteiger partial charge < -0.3 is 14.5 Å². The van der Waals surface area contributed by atoms with Crippen molar-refractivity contribution < 1.29 is 14.4 Å². The molecule has 0 radical (unpaired) electrons. The number of nitrogens with zero attached hydrogens (tertiary/aromatic N) is 4. The van der Waals surface area contributed by atoms with Gasteiger partial charge in [0.1, 0.15) is 5.69 Å². The van der Waals surface area contributed by atoms with Gasteiger partial charge in [-0.3, -0.25) is 4.79 Å². The lowest BCUT2D eigenvalue weighted by Gasteiger charge is -2.32. The van der Waals surface area contributed by atoms with Crippen LogP contribution in [-0.2, 0) is 9.53 Å². The fourth-order valence-corrected chi connectivity index (χ4v) is 2.87. The van der Waals surface area contributed by atoms with Crippen molar-refractivity contribution in [2.75, 3.05) is 45.2 Å². The minimum absolute atomic E-state index is 0.377. The molecular formula is C17H20N5O2+. The van der Waals surface area contributed by atoms with Crippen LogP contribution in [0.15, 0.2) is 24.3 Å². The van der Waals surface area contributed by atoms with Crippen LogP contribution >= 0.6 is 0 Å². The van der Waals surface area contributed by atoms with Crippen LogP contribution in [-0.4, -0.2) is 56.3 Å². The maximum absolute atomic E-state index is 12.0. The van der Waals surface area contributed by atoms with Gasteiger partial charge in [0.15, 0.2) is 11.7 Å². The molecule has 1 saturated heterocycles. The number of ether oxygens (including phenoxy) is 1. The number of anilines is 1. The molecule has 1 N–H and O–H groups in total. The van der Waals surface area contributed by atoms with Crippen molar-refractivity contribution in [2.45, 2.75) is 5.92 Å². The Labute approximate surface area is 140 Å². The lowest BCUT2D eigenvalue weighted by molar-refractivity contribution is -0.880. The third-order valence-electron chi connectivity index (χ3n) is 4.33. The number of carbonyl (C=O) groups is 1. The first-order chi connectivity index (χ1) is 11.6. The Bertz CT molecular complexity index is 793. The Balaban J connectivity index is 2.12. The zero-order valence-electron chi connectivity index (χ0n) is 13.8. The van der Waals surface area contributed by atoms with Gasteiger partial charge in [0.05, 0.1) is 57.4 Å². The molecule has 2 aromatic rings. The largest absolute Gasteiger partial charge is 0.468 e. The number of quaternary nitrogens is 1. The molecule has 124 valence electrons. The fraction of sp³-hybridized carbons (Fsp3) is 0.412. The fourth-order valence-electron chi connectivity index (χ4n) is 2.87. The number of nitrogens with one attached hydrogen (secondary N) is 1. The quantitative estimate of drug-likeness (QED) is 0.783.